The van der Waals surface area contributed by atoms with E-state index in [-0.39, 0.29) is 12.1 Å². The highest BCUT2D eigenvalue weighted by Crippen LogP contribution is 2.23. The molecule has 0 spiro atoms. The van der Waals surface area contributed by atoms with Gasteiger partial charge in [0, 0.05) is 0 Å². The third-order valence-electron chi connectivity index (χ3n) is 2.36. The Bertz CT molecular complexity index is 385. The van der Waals surface area contributed by atoms with E-state index in [0.29, 0.717) is 12.2 Å². The predicted molar refractivity (Wildman–Crippen MR) is 67.6 cm³/mol. The maximum atomic E-state index is 11.9. The van der Waals surface area contributed by atoms with E-state index < -0.39 is 0 Å². The molecule has 3 heteroatoms. The van der Waals surface area contributed by atoms with Crippen LogP contribution in [0.3, 0.4) is 0 Å². The summed E-state index contributed by atoms with van der Waals surface area (Å²) in [5.74, 6) is 0.529. The first-order valence-corrected chi connectivity index (χ1v) is 5.90. The zero-order valence-corrected chi connectivity index (χ0v) is 11.2. The predicted octanol–water partition coefficient (Wildman–Crippen LogP) is 3.27. The van der Waals surface area contributed by atoms with Gasteiger partial charge in [-0.15, -0.1) is 0 Å². The molecule has 0 unspecified atom stereocenters. The molecular formula is C14H20O3. The van der Waals surface area contributed by atoms with Crippen LogP contribution in [-0.2, 0) is 4.74 Å². The number of rotatable bonds is 4. The van der Waals surface area contributed by atoms with Gasteiger partial charge in [0.25, 0.3) is 0 Å². The van der Waals surface area contributed by atoms with Crippen LogP contribution in [0.4, 0.5) is 0 Å². The third-order valence-corrected chi connectivity index (χ3v) is 2.36. The number of carbonyl (C=O) groups is 1. The van der Waals surface area contributed by atoms with Gasteiger partial charge in [0.05, 0.1) is 18.3 Å². The summed E-state index contributed by atoms with van der Waals surface area (Å²) in [6.45, 7) is 10.0. The van der Waals surface area contributed by atoms with Crippen molar-refractivity contribution in [3.05, 3.63) is 28.8 Å². The lowest BCUT2D eigenvalue weighted by atomic mass is 10.0. The zero-order valence-electron chi connectivity index (χ0n) is 11.2. The fourth-order valence-corrected chi connectivity index (χ4v) is 1.77. The summed E-state index contributed by atoms with van der Waals surface area (Å²) in [6.07, 6.45) is -0.104. The van der Waals surface area contributed by atoms with Crippen molar-refractivity contribution in [3.8, 4) is 5.75 Å². The summed E-state index contributed by atoms with van der Waals surface area (Å²) in [5, 5.41) is 0. The maximum absolute atomic E-state index is 11.9. The second-order valence-electron chi connectivity index (χ2n) is 4.32. The number of benzene rings is 1. The number of hydrogen-bond acceptors (Lipinski definition) is 3. The molecule has 1 aromatic carbocycles. The fourth-order valence-electron chi connectivity index (χ4n) is 1.77. The monoisotopic (exact) mass is 236 g/mol. The van der Waals surface area contributed by atoms with Crippen LogP contribution in [0.5, 0.6) is 5.75 Å². The van der Waals surface area contributed by atoms with E-state index in [2.05, 4.69) is 0 Å². The van der Waals surface area contributed by atoms with Gasteiger partial charge < -0.3 is 9.47 Å². The van der Waals surface area contributed by atoms with Crippen LogP contribution in [0.1, 0.15) is 42.3 Å². The highest BCUT2D eigenvalue weighted by molar-refractivity contribution is 5.93. The van der Waals surface area contributed by atoms with E-state index in [1.54, 1.807) is 0 Å². The van der Waals surface area contributed by atoms with Crippen molar-refractivity contribution in [3.63, 3.8) is 0 Å². The van der Waals surface area contributed by atoms with Crippen molar-refractivity contribution in [2.75, 3.05) is 6.61 Å². The Morgan fingerprint density at radius 2 is 1.76 bits per heavy atom. The first kappa shape index (κ1) is 13.6. The molecule has 0 aliphatic heterocycles. The van der Waals surface area contributed by atoms with Crippen molar-refractivity contribution in [1.29, 1.82) is 0 Å². The molecule has 0 aliphatic carbocycles. The lowest BCUT2D eigenvalue weighted by Crippen LogP contribution is -2.14. The molecule has 0 aromatic heterocycles. The van der Waals surface area contributed by atoms with Gasteiger partial charge in [0.2, 0.25) is 0 Å². The van der Waals surface area contributed by atoms with Crippen molar-refractivity contribution in [2.45, 2.75) is 40.7 Å². The summed E-state index contributed by atoms with van der Waals surface area (Å²) < 4.78 is 10.6. The molecule has 0 atom stereocenters. The minimum atomic E-state index is -0.266. The molecule has 0 radical (unpaired) electrons. The quantitative estimate of drug-likeness (QED) is 0.753. The van der Waals surface area contributed by atoms with Gasteiger partial charge in [0.1, 0.15) is 5.75 Å². The molecule has 17 heavy (non-hydrogen) atoms. The average Bonchev–Trinajstić information content (AvgIpc) is 2.15. The average molecular weight is 236 g/mol. The van der Waals surface area contributed by atoms with Crippen LogP contribution < -0.4 is 4.74 Å². The summed E-state index contributed by atoms with van der Waals surface area (Å²) in [6, 6.07) is 3.74. The standard InChI is InChI=1S/C14H20O3/c1-6-16-12-7-10(4)13(11(5)8-12)14(15)17-9(2)3/h7-9H,6H2,1-5H3. The third kappa shape index (κ3) is 3.48. The largest absolute Gasteiger partial charge is 0.494 e. The molecule has 1 aromatic rings. The fraction of sp³-hybridized carbons (Fsp3) is 0.500. The van der Waals surface area contributed by atoms with E-state index in [1.165, 1.54) is 0 Å². The molecule has 94 valence electrons. The second kappa shape index (κ2) is 5.71. The number of carbonyl (C=O) groups excluding carboxylic acids is 1. The van der Waals surface area contributed by atoms with Crippen LogP contribution in [0.2, 0.25) is 0 Å². The number of hydrogen-bond donors (Lipinski definition) is 0. The van der Waals surface area contributed by atoms with Crippen LogP contribution in [-0.4, -0.2) is 18.7 Å². The number of ether oxygens (including phenoxy) is 2. The first-order valence-electron chi connectivity index (χ1n) is 5.90. The van der Waals surface area contributed by atoms with Gasteiger partial charge in [0.15, 0.2) is 0 Å². The Hall–Kier alpha value is -1.51. The van der Waals surface area contributed by atoms with Crippen molar-refractivity contribution < 1.29 is 14.3 Å². The van der Waals surface area contributed by atoms with E-state index in [4.69, 9.17) is 9.47 Å². The van der Waals surface area contributed by atoms with E-state index in [9.17, 15) is 4.79 Å². The normalized spacial score (nSPS) is 10.5. The van der Waals surface area contributed by atoms with Crippen LogP contribution >= 0.6 is 0 Å². The van der Waals surface area contributed by atoms with Crippen LogP contribution in [0.25, 0.3) is 0 Å². The number of esters is 1. The summed E-state index contributed by atoms with van der Waals surface area (Å²) >= 11 is 0. The van der Waals surface area contributed by atoms with E-state index in [0.717, 1.165) is 16.9 Å². The number of aryl methyl sites for hydroxylation is 2. The minimum absolute atomic E-state index is 0.104. The first-order chi connectivity index (χ1) is 7.95. The Kier molecular flexibility index (Phi) is 4.55. The molecule has 1 rings (SSSR count). The van der Waals surface area contributed by atoms with Crippen molar-refractivity contribution >= 4 is 5.97 Å². The van der Waals surface area contributed by atoms with E-state index in [1.807, 2.05) is 46.8 Å². The van der Waals surface area contributed by atoms with Gasteiger partial charge in [-0.2, -0.15) is 0 Å². The lowest BCUT2D eigenvalue weighted by Gasteiger charge is -2.14. The Morgan fingerprint density at radius 3 is 2.18 bits per heavy atom. The van der Waals surface area contributed by atoms with Gasteiger partial charge in [-0.3, -0.25) is 0 Å². The Morgan fingerprint density at radius 1 is 1.24 bits per heavy atom. The molecular weight excluding hydrogens is 216 g/mol. The summed E-state index contributed by atoms with van der Waals surface area (Å²) in [5.41, 5.74) is 2.42. The highest BCUT2D eigenvalue weighted by atomic mass is 16.5. The summed E-state index contributed by atoms with van der Waals surface area (Å²) in [4.78, 5) is 11.9. The molecule has 0 fully saturated rings. The Labute approximate surface area is 103 Å². The zero-order chi connectivity index (χ0) is 13.0. The minimum Gasteiger partial charge on any atom is -0.494 e. The smallest absolute Gasteiger partial charge is 0.338 e. The maximum Gasteiger partial charge on any atom is 0.338 e. The van der Waals surface area contributed by atoms with Gasteiger partial charge in [-0.25, -0.2) is 4.79 Å². The van der Waals surface area contributed by atoms with Gasteiger partial charge in [-0.05, 0) is 57.9 Å². The molecule has 0 aliphatic rings. The van der Waals surface area contributed by atoms with E-state index >= 15 is 0 Å². The Balaban J connectivity index is 3.05. The molecule has 3 nitrogen and oxygen atoms in total. The van der Waals surface area contributed by atoms with Crippen molar-refractivity contribution in [2.24, 2.45) is 0 Å². The summed E-state index contributed by atoms with van der Waals surface area (Å²) in [7, 11) is 0. The van der Waals surface area contributed by atoms with Crippen LogP contribution in [0.15, 0.2) is 12.1 Å². The second-order valence-corrected chi connectivity index (χ2v) is 4.32. The molecule has 0 saturated heterocycles. The molecule has 0 heterocycles. The lowest BCUT2D eigenvalue weighted by molar-refractivity contribution is 0.0376. The topological polar surface area (TPSA) is 35.5 Å². The van der Waals surface area contributed by atoms with Crippen molar-refractivity contribution in [1.82, 2.24) is 0 Å². The molecule has 0 bridgehead atoms. The molecule has 0 amide bonds. The highest BCUT2D eigenvalue weighted by Gasteiger charge is 2.16. The molecule has 0 N–H and O–H groups in total. The SMILES string of the molecule is CCOc1cc(C)c(C(=O)OC(C)C)c(C)c1. The van der Waals surface area contributed by atoms with Gasteiger partial charge in [-0.1, -0.05) is 0 Å². The molecule has 0 saturated carbocycles. The van der Waals surface area contributed by atoms with Crippen LogP contribution in [0, 0.1) is 13.8 Å². The van der Waals surface area contributed by atoms with Gasteiger partial charge >= 0.3 is 5.97 Å².